The van der Waals surface area contributed by atoms with Crippen LogP contribution in [0.2, 0.25) is 0 Å². The first-order valence-electron chi connectivity index (χ1n) is 7.64. The minimum atomic E-state index is -1.25. The largest absolute Gasteiger partial charge is 0.481 e. The zero-order valence-electron chi connectivity index (χ0n) is 11.4. The highest BCUT2D eigenvalue weighted by Gasteiger charge is 2.78. The summed E-state index contributed by atoms with van der Waals surface area (Å²) in [7, 11) is 0. The first kappa shape index (κ1) is 12.6. The smallest absolute Gasteiger partial charge is 0.336 e. The molecule has 1 aliphatic heterocycles. The van der Waals surface area contributed by atoms with Crippen molar-refractivity contribution in [2.75, 3.05) is 0 Å². The lowest BCUT2D eigenvalue weighted by molar-refractivity contribution is -0.189. The first-order valence-corrected chi connectivity index (χ1v) is 7.64. The van der Waals surface area contributed by atoms with Crippen molar-refractivity contribution >= 4 is 11.9 Å². The summed E-state index contributed by atoms with van der Waals surface area (Å²) in [6, 6.07) is 0. The van der Waals surface area contributed by atoms with E-state index >= 15 is 0 Å². The van der Waals surface area contributed by atoms with E-state index in [1.807, 2.05) is 0 Å². The fourth-order valence-corrected chi connectivity index (χ4v) is 5.06. The summed E-state index contributed by atoms with van der Waals surface area (Å²) in [6.45, 7) is 0. The summed E-state index contributed by atoms with van der Waals surface area (Å²) in [6.07, 6.45) is 5.78. The summed E-state index contributed by atoms with van der Waals surface area (Å²) < 4.78 is 6.25. The fourth-order valence-electron chi connectivity index (χ4n) is 5.06. The molecule has 2 N–H and O–H groups in total. The van der Waals surface area contributed by atoms with Gasteiger partial charge < -0.3 is 14.9 Å². The molecule has 0 aromatic rings. The van der Waals surface area contributed by atoms with Crippen LogP contribution in [0.5, 0.6) is 0 Å². The molecular weight excluding hydrogens is 260 g/mol. The summed E-state index contributed by atoms with van der Waals surface area (Å²) >= 11 is 0. The molecule has 5 heteroatoms. The van der Waals surface area contributed by atoms with Gasteiger partial charge in [-0.1, -0.05) is 0 Å². The van der Waals surface area contributed by atoms with Crippen molar-refractivity contribution in [3.63, 3.8) is 0 Å². The number of carbonyl (C=O) groups is 2. The van der Waals surface area contributed by atoms with Crippen LogP contribution in [0.3, 0.4) is 0 Å². The molecule has 20 heavy (non-hydrogen) atoms. The van der Waals surface area contributed by atoms with Crippen molar-refractivity contribution in [3.8, 4) is 0 Å². The van der Waals surface area contributed by atoms with Gasteiger partial charge in [0.05, 0.1) is 5.60 Å². The standard InChI is InChI=1S/C15H20O5/c16-11(17)13-6-1-7-14(8-13,12(18)19)20-15(13,9-2-3-9)10-4-5-10/h9-10H,1-8H2,(H,16,17)(H,18,19). The van der Waals surface area contributed by atoms with E-state index in [-0.39, 0.29) is 18.3 Å². The number of aliphatic carboxylic acids is 2. The highest BCUT2D eigenvalue weighted by molar-refractivity contribution is 5.84. The number of hydrogen-bond acceptors (Lipinski definition) is 3. The molecule has 3 saturated carbocycles. The maximum Gasteiger partial charge on any atom is 0.336 e. The molecule has 110 valence electrons. The molecular formula is C15H20O5. The van der Waals surface area contributed by atoms with Gasteiger partial charge >= 0.3 is 11.9 Å². The molecule has 5 nitrogen and oxygen atoms in total. The Balaban J connectivity index is 1.88. The van der Waals surface area contributed by atoms with Gasteiger partial charge in [0.15, 0.2) is 5.60 Å². The molecule has 0 amide bonds. The van der Waals surface area contributed by atoms with Gasteiger partial charge in [-0.15, -0.1) is 0 Å². The van der Waals surface area contributed by atoms with Crippen LogP contribution in [0.15, 0.2) is 0 Å². The van der Waals surface area contributed by atoms with Gasteiger partial charge in [0.25, 0.3) is 0 Å². The summed E-state index contributed by atoms with van der Waals surface area (Å²) in [5, 5.41) is 19.6. The first-order chi connectivity index (χ1) is 9.47. The van der Waals surface area contributed by atoms with Crippen molar-refractivity contribution < 1.29 is 24.5 Å². The predicted octanol–water partition coefficient (Wildman–Crippen LogP) is 2.04. The second-order valence-electron chi connectivity index (χ2n) is 7.16. The van der Waals surface area contributed by atoms with Crippen LogP contribution in [0.1, 0.15) is 51.4 Å². The van der Waals surface area contributed by atoms with Crippen LogP contribution in [-0.2, 0) is 14.3 Å². The quantitative estimate of drug-likeness (QED) is 0.823. The molecule has 1 saturated heterocycles. The summed E-state index contributed by atoms with van der Waals surface area (Å²) in [4.78, 5) is 23.9. The Morgan fingerprint density at radius 3 is 2.00 bits per heavy atom. The van der Waals surface area contributed by atoms with Gasteiger partial charge in [-0.25, -0.2) is 4.79 Å². The van der Waals surface area contributed by atoms with E-state index in [1.165, 1.54) is 0 Å². The molecule has 3 aliphatic carbocycles. The zero-order valence-corrected chi connectivity index (χ0v) is 11.4. The Kier molecular flexibility index (Phi) is 2.25. The number of ether oxygens (including phenoxy) is 1. The number of rotatable bonds is 4. The predicted molar refractivity (Wildman–Crippen MR) is 68.2 cm³/mol. The third-order valence-corrected chi connectivity index (χ3v) is 6.05. The second-order valence-corrected chi connectivity index (χ2v) is 7.16. The third-order valence-electron chi connectivity index (χ3n) is 6.05. The highest BCUT2D eigenvalue weighted by atomic mass is 16.6. The Hall–Kier alpha value is -1.10. The minimum Gasteiger partial charge on any atom is -0.481 e. The maximum atomic E-state index is 12.1. The Bertz CT molecular complexity index is 480. The monoisotopic (exact) mass is 280 g/mol. The molecule has 2 atom stereocenters. The number of fused-ring (bicyclic) bond motifs is 2. The van der Waals surface area contributed by atoms with Gasteiger partial charge in [0, 0.05) is 6.42 Å². The van der Waals surface area contributed by atoms with Gasteiger partial charge in [0.1, 0.15) is 5.41 Å². The average Bonchev–Trinajstić information content (AvgIpc) is 3.27. The van der Waals surface area contributed by atoms with Crippen LogP contribution in [-0.4, -0.2) is 33.4 Å². The van der Waals surface area contributed by atoms with E-state index in [4.69, 9.17) is 4.74 Å². The SMILES string of the molecule is O=C(O)C12CCCC(C(=O)O)(C1)C(C1CC1)(C1CC1)O2. The number of carboxylic acid groups (broad SMARTS) is 2. The highest BCUT2D eigenvalue weighted by Crippen LogP contribution is 2.71. The van der Waals surface area contributed by atoms with Crippen LogP contribution in [0.25, 0.3) is 0 Å². The molecule has 4 aliphatic rings. The zero-order chi connectivity index (χ0) is 14.2. The number of carboxylic acids is 2. The Labute approximate surface area is 117 Å². The van der Waals surface area contributed by atoms with Crippen molar-refractivity contribution in [3.05, 3.63) is 0 Å². The summed E-state index contributed by atoms with van der Waals surface area (Å²) in [5.74, 6) is -1.29. The lowest BCUT2D eigenvalue weighted by Gasteiger charge is -2.42. The molecule has 2 bridgehead atoms. The third kappa shape index (κ3) is 1.27. The van der Waals surface area contributed by atoms with E-state index in [1.54, 1.807) is 0 Å². The van der Waals surface area contributed by atoms with Gasteiger partial charge in [0.2, 0.25) is 0 Å². The van der Waals surface area contributed by atoms with Crippen LogP contribution >= 0.6 is 0 Å². The van der Waals surface area contributed by atoms with E-state index in [0.29, 0.717) is 19.3 Å². The van der Waals surface area contributed by atoms with Crippen molar-refractivity contribution in [1.82, 2.24) is 0 Å². The molecule has 0 aromatic heterocycles. The van der Waals surface area contributed by atoms with Gasteiger partial charge in [-0.2, -0.15) is 0 Å². The molecule has 4 rings (SSSR count). The van der Waals surface area contributed by atoms with Crippen LogP contribution in [0.4, 0.5) is 0 Å². The van der Waals surface area contributed by atoms with Gasteiger partial charge in [-0.3, -0.25) is 4.79 Å². The maximum absolute atomic E-state index is 12.1. The van der Waals surface area contributed by atoms with E-state index < -0.39 is 28.6 Å². The molecule has 4 fully saturated rings. The van der Waals surface area contributed by atoms with Crippen molar-refractivity contribution in [2.45, 2.75) is 62.6 Å². The van der Waals surface area contributed by atoms with Gasteiger partial charge in [-0.05, 0) is 56.8 Å². The minimum absolute atomic E-state index is 0.164. The molecule has 1 heterocycles. The number of hydrogen-bond donors (Lipinski definition) is 2. The van der Waals surface area contributed by atoms with Crippen molar-refractivity contribution in [1.29, 1.82) is 0 Å². The van der Waals surface area contributed by atoms with E-state index in [9.17, 15) is 19.8 Å². The lowest BCUT2D eigenvalue weighted by atomic mass is 9.59. The molecule has 0 radical (unpaired) electrons. The second kappa shape index (κ2) is 3.56. The molecule has 2 unspecified atom stereocenters. The summed E-state index contributed by atoms with van der Waals surface area (Å²) in [5.41, 5.74) is -2.92. The van der Waals surface area contributed by atoms with Crippen molar-refractivity contribution in [2.24, 2.45) is 17.3 Å². The van der Waals surface area contributed by atoms with E-state index in [0.717, 1.165) is 25.7 Å². The van der Waals surface area contributed by atoms with E-state index in [2.05, 4.69) is 0 Å². The Morgan fingerprint density at radius 2 is 1.55 bits per heavy atom. The Morgan fingerprint density at radius 1 is 0.950 bits per heavy atom. The van der Waals surface area contributed by atoms with Crippen LogP contribution in [0, 0.1) is 17.3 Å². The normalized spacial score (nSPS) is 42.4. The fraction of sp³-hybridized carbons (Fsp3) is 0.867. The molecule has 0 spiro atoms. The topological polar surface area (TPSA) is 83.8 Å². The average molecular weight is 280 g/mol. The molecule has 0 aromatic carbocycles. The van der Waals surface area contributed by atoms with Crippen LogP contribution < -0.4 is 0 Å². The lowest BCUT2D eigenvalue weighted by Crippen LogP contribution is -2.53.